The van der Waals surface area contributed by atoms with Crippen molar-refractivity contribution in [1.29, 1.82) is 0 Å². The zero-order valence-electron chi connectivity index (χ0n) is 23.3. The van der Waals surface area contributed by atoms with Crippen molar-refractivity contribution in [2.24, 2.45) is 0 Å². The Kier molecular flexibility index (Phi) is 8.60. The number of anilines is 1. The highest BCUT2D eigenvalue weighted by atomic mass is 32.2. The molecule has 0 bridgehead atoms. The molecule has 2 saturated heterocycles. The van der Waals surface area contributed by atoms with E-state index in [1.165, 1.54) is 20.5 Å². The summed E-state index contributed by atoms with van der Waals surface area (Å²) in [5.74, 6) is 0.0638. The van der Waals surface area contributed by atoms with Gasteiger partial charge in [0, 0.05) is 19.7 Å². The molecule has 3 aromatic rings. The molecule has 3 aromatic heterocycles. The summed E-state index contributed by atoms with van der Waals surface area (Å²) < 4.78 is 66.1. The van der Waals surface area contributed by atoms with Gasteiger partial charge in [0.05, 0.1) is 44.1 Å². The Hall–Kier alpha value is -3.50. The van der Waals surface area contributed by atoms with Gasteiger partial charge in [0.15, 0.2) is 33.0 Å². The minimum atomic E-state index is -3.87. The van der Waals surface area contributed by atoms with Gasteiger partial charge < -0.3 is 23.8 Å². The standard InChI is InChI=1S/C25H33FN8O6S/c1-15(2)40-17-8-18(12-33(11-17)25-27-9-16(26)10-28-25)41(35,36)13-20-31-32-22(19-6-5-7-39-19)34(20)21-23(37-3)29-14-30-24(21)38-4/h9-10,14-15,17-19H,5-8,11-13H2,1-4H3/t17-,18+,19+/m0/s1. The van der Waals surface area contributed by atoms with Gasteiger partial charge in [0.1, 0.15) is 18.2 Å². The lowest BCUT2D eigenvalue weighted by Crippen LogP contribution is -2.51. The summed E-state index contributed by atoms with van der Waals surface area (Å²) in [4.78, 5) is 18.2. The zero-order valence-corrected chi connectivity index (χ0v) is 24.1. The quantitative estimate of drug-likeness (QED) is 0.336. The topological polar surface area (TPSA) is 157 Å². The molecular formula is C25H33FN8O6S. The number of nitrogens with zero attached hydrogens (tertiary/aromatic N) is 8. The van der Waals surface area contributed by atoms with E-state index < -0.39 is 38.9 Å². The van der Waals surface area contributed by atoms with E-state index in [1.54, 1.807) is 9.47 Å². The van der Waals surface area contributed by atoms with E-state index in [2.05, 4.69) is 30.1 Å². The van der Waals surface area contributed by atoms with Crippen LogP contribution in [0.5, 0.6) is 11.8 Å². The first kappa shape index (κ1) is 29.0. The van der Waals surface area contributed by atoms with Crippen molar-refractivity contribution in [2.45, 2.75) is 62.4 Å². The zero-order chi connectivity index (χ0) is 29.1. The third-order valence-corrected chi connectivity index (χ3v) is 8.92. The Balaban J connectivity index is 1.52. The van der Waals surface area contributed by atoms with Crippen LogP contribution in [-0.2, 0) is 25.1 Å². The molecule has 0 aliphatic carbocycles. The molecule has 0 unspecified atom stereocenters. The number of halogens is 1. The van der Waals surface area contributed by atoms with Crippen LogP contribution in [0.25, 0.3) is 5.69 Å². The molecule has 2 fully saturated rings. The molecule has 5 heterocycles. The monoisotopic (exact) mass is 592 g/mol. The van der Waals surface area contributed by atoms with Crippen LogP contribution in [0.2, 0.25) is 0 Å². The molecule has 3 atom stereocenters. The molecule has 16 heteroatoms. The van der Waals surface area contributed by atoms with Crippen LogP contribution in [-0.4, -0.2) is 94.5 Å². The SMILES string of the molecule is COc1ncnc(OC)c1-n1c(CS(=O)(=O)[C@@H]2C[C@H](OC(C)C)CN(c3ncc(F)cn3)C2)nnc1[C@H]1CCCO1. The van der Waals surface area contributed by atoms with Crippen LogP contribution in [0.15, 0.2) is 18.7 Å². The number of rotatable bonds is 10. The van der Waals surface area contributed by atoms with Crippen LogP contribution in [0.1, 0.15) is 50.9 Å². The van der Waals surface area contributed by atoms with Crippen molar-refractivity contribution in [3.8, 4) is 17.4 Å². The molecule has 2 aliphatic heterocycles. The highest BCUT2D eigenvalue weighted by molar-refractivity contribution is 7.91. The van der Waals surface area contributed by atoms with Gasteiger partial charge in [-0.05, 0) is 33.1 Å². The van der Waals surface area contributed by atoms with Gasteiger partial charge in [-0.25, -0.2) is 22.8 Å². The summed E-state index contributed by atoms with van der Waals surface area (Å²) in [6, 6.07) is 0. The van der Waals surface area contributed by atoms with Gasteiger partial charge in [-0.1, -0.05) is 0 Å². The average molecular weight is 593 g/mol. The summed E-state index contributed by atoms with van der Waals surface area (Å²) in [7, 11) is -0.981. The smallest absolute Gasteiger partial charge is 0.245 e. The summed E-state index contributed by atoms with van der Waals surface area (Å²) in [6.45, 7) is 4.78. The van der Waals surface area contributed by atoms with Gasteiger partial charge in [-0.2, -0.15) is 9.97 Å². The lowest BCUT2D eigenvalue weighted by atomic mass is 10.1. The maximum Gasteiger partial charge on any atom is 0.245 e. The average Bonchev–Trinajstić information content (AvgIpc) is 3.62. The van der Waals surface area contributed by atoms with E-state index in [9.17, 15) is 12.8 Å². The fourth-order valence-electron chi connectivity index (χ4n) is 5.18. The van der Waals surface area contributed by atoms with Crippen LogP contribution >= 0.6 is 0 Å². The van der Waals surface area contributed by atoms with E-state index in [-0.39, 0.29) is 48.3 Å². The second kappa shape index (κ2) is 12.2. The van der Waals surface area contributed by atoms with Crippen LogP contribution in [0.4, 0.5) is 10.3 Å². The molecule has 0 amide bonds. The van der Waals surface area contributed by atoms with Crippen molar-refractivity contribution in [2.75, 3.05) is 38.8 Å². The molecule has 5 rings (SSSR count). The van der Waals surface area contributed by atoms with Gasteiger partial charge in [-0.3, -0.25) is 4.57 Å². The fraction of sp³-hybridized carbons (Fsp3) is 0.600. The van der Waals surface area contributed by atoms with Gasteiger partial charge in [0.25, 0.3) is 0 Å². The lowest BCUT2D eigenvalue weighted by Gasteiger charge is -2.38. The molecule has 14 nitrogen and oxygen atoms in total. The minimum absolute atomic E-state index is 0.0970. The van der Waals surface area contributed by atoms with E-state index in [0.717, 1.165) is 18.8 Å². The lowest BCUT2D eigenvalue weighted by molar-refractivity contribution is 0.00143. The molecule has 0 N–H and O–H groups in total. The number of ether oxygens (including phenoxy) is 4. The Labute approximate surface area is 237 Å². The Morgan fingerprint density at radius 3 is 2.39 bits per heavy atom. The molecular weight excluding hydrogens is 559 g/mol. The Morgan fingerprint density at radius 2 is 1.78 bits per heavy atom. The van der Waals surface area contributed by atoms with E-state index in [0.29, 0.717) is 25.4 Å². The fourth-order valence-corrected chi connectivity index (χ4v) is 6.87. The second-order valence-electron chi connectivity index (χ2n) is 10.1. The maximum absolute atomic E-state index is 14.1. The second-order valence-corrected chi connectivity index (χ2v) is 12.4. The number of sulfone groups is 1. The predicted octanol–water partition coefficient (Wildman–Crippen LogP) is 1.84. The molecule has 2 aliphatic rings. The largest absolute Gasteiger partial charge is 0.479 e. The number of piperidine rings is 1. The molecule has 0 spiro atoms. The van der Waals surface area contributed by atoms with Gasteiger partial charge >= 0.3 is 0 Å². The molecule has 41 heavy (non-hydrogen) atoms. The summed E-state index contributed by atoms with van der Waals surface area (Å²) in [5, 5.41) is 7.78. The van der Waals surface area contributed by atoms with Crippen LogP contribution in [0, 0.1) is 5.82 Å². The molecule has 0 aromatic carbocycles. The number of hydrogen-bond acceptors (Lipinski definition) is 13. The normalized spacial score (nSPS) is 21.4. The van der Waals surface area contributed by atoms with E-state index >= 15 is 0 Å². The highest BCUT2D eigenvalue weighted by Gasteiger charge is 2.39. The van der Waals surface area contributed by atoms with Crippen molar-refractivity contribution < 1.29 is 31.8 Å². The Morgan fingerprint density at radius 1 is 1.07 bits per heavy atom. The molecule has 222 valence electrons. The number of methoxy groups -OCH3 is 2. The third kappa shape index (κ3) is 6.23. The summed E-state index contributed by atoms with van der Waals surface area (Å²) in [6.07, 6.45) is 4.21. The van der Waals surface area contributed by atoms with Crippen molar-refractivity contribution in [3.05, 3.63) is 36.2 Å². The summed E-state index contributed by atoms with van der Waals surface area (Å²) in [5.41, 5.74) is 0.282. The Bertz CT molecular complexity index is 1430. The minimum Gasteiger partial charge on any atom is -0.479 e. The third-order valence-electron chi connectivity index (χ3n) is 6.90. The number of hydrogen-bond donors (Lipinski definition) is 0. The predicted molar refractivity (Wildman–Crippen MR) is 143 cm³/mol. The van der Waals surface area contributed by atoms with Crippen molar-refractivity contribution >= 4 is 15.8 Å². The van der Waals surface area contributed by atoms with Crippen LogP contribution < -0.4 is 14.4 Å². The van der Waals surface area contributed by atoms with Gasteiger partial charge in [-0.15, -0.1) is 10.2 Å². The van der Waals surface area contributed by atoms with E-state index in [4.69, 9.17) is 18.9 Å². The van der Waals surface area contributed by atoms with Crippen molar-refractivity contribution in [1.82, 2.24) is 34.7 Å². The first-order valence-electron chi connectivity index (χ1n) is 13.3. The first-order valence-corrected chi connectivity index (χ1v) is 15.0. The van der Waals surface area contributed by atoms with Crippen molar-refractivity contribution in [3.63, 3.8) is 0 Å². The van der Waals surface area contributed by atoms with E-state index in [1.807, 2.05) is 13.8 Å². The molecule has 0 radical (unpaired) electrons. The first-order chi connectivity index (χ1) is 19.7. The summed E-state index contributed by atoms with van der Waals surface area (Å²) >= 11 is 0. The molecule has 0 saturated carbocycles. The van der Waals surface area contributed by atoms with Gasteiger partial charge in [0.2, 0.25) is 17.7 Å². The number of aromatic nitrogens is 7. The van der Waals surface area contributed by atoms with Crippen LogP contribution in [0.3, 0.4) is 0 Å². The maximum atomic E-state index is 14.1. The highest BCUT2D eigenvalue weighted by Crippen LogP contribution is 2.36.